The van der Waals surface area contributed by atoms with Crippen LogP contribution in [0.2, 0.25) is 0 Å². The first-order chi connectivity index (χ1) is 10.1. The predicted molar refractivity (Wildman–Crippen MR) is 78.6 cm³/mol. The molecule has 0 unspecified atom stereocenters. The molecule has 21 heavy (non-hydrogen) atoms. The quantitative estimate of drug-likeness (QED) is 0.837. The van der Waals surface area contributed by atoms with Gasteiger partial charge < -0.3 is 20.1 Å². The molecule has 0 bridgehead atoms. The van der Waals surface area contributed by atoms with Crippen LogP contribution >= 0.6 is 0 Å². The summed E-state index contributed by atoms with van der Waals surface area (Å²) in [6, 6.07) is 5.42. The number of hydrogen-bond donors (Lipinski definition) is 2. The standard InChI is InChI=1S/C15H20N2O4/c1-21-8-7-17(10-14(18)19)15(20)16-13-6-5-11-3-2-4-12(11)9-13/h5-6,9H,2-4,7-8,10H2,1H3,(H,16,20)(H,18,19). The first-order valence-electron chi connectivity index (χ1n) is 6.98. The minimum absolute atomic E-state index is 0.236. The van der Waals surface area contributed by atoms with Crippen LogP contribution < -0.4 is 5.32 Å². The number of carboxylic acids is 1. The zero-order chi connectivity index (χ0) is 15.2. The van der Waals surface area contributed by atoms with Crippen LogP contribution in [0.3, 0.4) is 0 Å². The van der Waals surface area contributed by atoms with Crippen molar-refractivity contribution in [1.82, 2.24) is 4.90 Å². The lowest BCUT2D eigenvalue weighted by molar-refractivity contribution is -0.137. The van der Waals surface area contributed by atoms with Crippen molar-refractivity contribution in [2.24, 2.45) is 0 Å². The van der Waals surface area contributed by atoms with Gasteiger partial charge in [-0.3, -0.25) is 4.79 Å². The third-order valence-corrected chi connectivity index (χ3v) is 3.53. The number of urea groups is 1. The number of hydrogen-bond acceptors (Lipinski definition) is 3. The van der Waals surface area contributed by atoms with E-state index in [9.17, 15) is 9.59 Å². The van der Waals surface area contributed by atoms with Gasteiger partial charge in [0.2, 0.25) is 0 Å². The van der Waals surface area contributed by atoms with Gasteiger partial charge in [-0.05, 0) is 42.5 Å². The normalized spacial score (nSPS) is 12.8. The molecule has 1 aromatic rings. The van der Waals surface area contributed by atoms with Crippen LogP contribution in [0.15, 0.2) is 18.2 Å². The van der Waals surface area contributed by atoms with Gasteiger partial charge in [-0.15, -0.1) is 0 Å². The zero-order valence-corrected chi connectivity index (χ0v) is 12.1. The number of aliphatic carboxylic acids is 1. The molecule has 0 atom stereocenters. The Morgan fingerprint density at radius 3 is 2.81 bits per heavy atom. The average molecular weight is 292 g/mol. The van der Waals surface area contributed by atoms with E-state index < -0.39 is 12.0 Å². The van der Waals surface area contributed by atoms with Gasteiger partial charge in [-0.25, -0.2) is 4.79 Å². The van der Waals surface area contributed by atoms with Crippen LogP contribution in [-0.2, 0) is 22.4 Å². The Morgan fingerprint density at radius 1 is 1.33 bits per heavy atom. The molecule has 6 heteroatoms. The Morgan fingerprint density at radius 2 is 2.10 bits per heavy atom. The molecule has 0 spiro atoms. The molecule has 1 aliphatic rings. The number of carboxylic acid groups (broad SMARTS) is 1. The van der Waals surface area contributed by atoms with Crippen LogP contribution in [0, 0.1) is 0 Å². The highest BCUT2D eigenvalue weighted by molar-refractivity contribution is 5.91. The van der Waals surface area contributed by atoms with Crippen molar-refractivity contribution < 1.29 is 19.4 Å². The molecule has 0 saturated carbocycles. The number of nitrogens with one attached hydrogen (secondary N) is 1. The summed E-state index contributed by atoms with van der Waals surface area (Å²) in [4.78, 5) is 24.2. The number of carbonyl (C=O) groups is 2. The van der Waals surface area contributed by atoms with Crippen LogP contribution in [0.5, 0.6) is 0 Å². The Bertz CT molecular complexity index is 530. The average Bonchev–Trinajstić information content (AvgIpc) is 2.90. The van der Waals surface area contributed by atoms with E-state index in [1.165, 1.54) is 23.1 Å². The van der Waals surface area contributed by atoms with Gasteiger partial charge in [-0.1, -0.05) is 6.07 Å². The van der Waals surface area contributed by atoms with E-state index in [0.29, 0.717) is 12.3 Å². The summed E-state index contributed by atoms with van der Waals surface area (Å²) in [6.07, 6.45) is 3.26. The van der Waals surface area contributed by atoms with Crippen molar-refractivity contribution in [3.63, 3.8) is 0 Å². The Labute approximate surface area is 123 Å². The van der Waals surface area contributed by atoms with Crippen molar-refractivity contribution in [3.8, 4) is 0 Å². The Hall–Kier alpha value is -2.08. The van der Waals surface area contributed by atoms with Crippen molar-refractivity contribution in [3.05, 3.63) is 29.3 Å². The van der Waals surface area contributed by atoms with E-state index >= 15 is 0 Å². The van der Waals surface area contributed by atoms with Gasteiger partial charge in [0.15, 0.2) is 0 Å². The fraction of sp³-hybridized carbons (Fsp3) is 0.467. The second-order valence-electron chi connectivity index (χ2n) is 5.08. The van der Waals surface area contributed by atoms with E-state index in [1.807, 2.05) is 18.2 Å². The summed E-state index contributed by atoms with van der Waals surface area (Å²) >= 11 is 0. The second-order valence-corrected chi connectivity index (χ2v) is 5.08. The highest BCUT2D eigenvalue weighted by atomic mass is 16.5. The fourth-order valence-corrected chi connectivity index (χ4v) is 2.47. The molecule has 0 aromatic heterocycles. The molecule has 6 nitrogen and oxygen atoms in total. The zero-order valence-electron chi connectivity index (χ0n) is 12.1. The summed E-state index contributed by atoms with van der Waals surface area (Å²) in [6.45, 7) is 0.185. The lowest BCUT2D eigenvalue weighted by Gasteiger charge is -2.21. The maximum absolute atomic E-state index is 12.2. The van der Waals surface area contributed by atoms with Crippen LogP contribution in [-0.4, -0.2) is 48.8 Å². The topological polar surface area (TPSA) is 78.9 Å². The minimum Gasteiger partial charge on any atom is -0.480 e. The predicted octanol–water partition coefficient (Wildman–Crippen LogP) is 1.74. The number of ether oxygens (including phenoxy) is 1. The molecule has 0 radical (unpaired) electrons. The van der Waals surface area contributed by atoms with Gasteiger partial charge in [0.25, 0.3) is 0 Å². The molecular formula is C15H20N2O4. The molecule has 2 N–H and O–H groups in total. The number of amides is 2. The minimum atomic E-state index is -1.05. The Kier molecular flexibility index (Phi) is 5.16. The molecule has 1 aromatic carbocycles. The molecule has 0 fully saturated rings. The van der Waals surface area contributed by atoms with Crippen molar-refractivity contribution >= 4 is 17.7 Å². The molecule has 2 rings (SSSR count). The number of aryl methyl sites for hydroxylation is 2. The molecule has 2 amide bonds. The summed E-state index contributed by atoms with van der Waals surface area (Å²) in [5, 5.41) is 11.6. The summed E-state index contributed by atoms with van der Waals surface area (Å²) in [7, 11) is 1.51. The number of methoxy groups -OCH3 is 1. The van der Waals surface area contributed by atoms with Gasteiger partial charge in [0.1, 0.15) is 6.54 Å². The van der Waals surface area contributed by atoms with E-state index in [1.54, 1.807) is 0 Å². The van der Waals surface area contributed by atoms with E-state index in [2.05, 4.69) is 5.32 Å². The third-order valence-electron chi connectivity index (χ3n) is 3.53. The van der Waals surface area contributed by atoms with E-state index in [4.69, 9.17) is 9.84 Å². The Balaban J connectivity index is 2.01. The van der Waals surface area contributed by atoms with Crippen molar-refractivity contribution in [2.45, 2.75) is 19.3 Å². The van der Waals surface area contributed by atoms with Gasteiger partial charge in [0.05, 0.1) is 6.61 Å². The molecule has 114 valence electrons. The number of fused-ring (bicyclic) bond motifs is 1. The first kappa shape index (κ1) is 15.3. The van der Waals surface area contributed by atoms with Crippen molar-refractivity contribution in [2.75, 3.05) is 32.1 Å². The number of carbonyl (C=O) groups excluding carboxylic acids is 1. The maximum atomic E-state index is 12.2. The van der Waals surface area contributed by atoms with E-state index in [-0.39, 0.29) is 13.1 Å². The molecular weight excluding hydrogens is 272 g/mol. The summed E-state index contributed by atoms with van der Waals surface area (Å²) < 4.78 is 4.90. The highest BCUT2D eigenvalue weighted by Gasteiger charge is 2.17. The molecule has 0 saturated heterocycles. The lowest BCUT2D eigenvalue weighted by atomic mass is 10.1. The third kappa shape index (κ3) is 4.19. The van der Waals surface area contributed by atoms with Gasteiger partial charge in [-0.2, -0.15) is 0 Å². The summed E-state index contributed by atoms with van der Waals surface area (Å²) in [5.41, 5.74) is 3.29. The number of nitrogens with zero attached hydrogens (tertiary/aromatic N) is 1. The fourth-order valence-electron chi connectivity index (χ4n) is 2.47. The second kappa shape index (κ2) is 7.08. The van der Waals surface area contributed by atoms with Crippen LogP contribution in [0.1, 0.15) is 17.5 Å². The maximum Gasteiger partial charge on any atom is 0.323 e. The largest absolute Gasteiger partial charge is 0.480 e. The van der Waals surface area contributed by atoms with Crippen LogP contribution in [0.25, 0.3) is 0 Å². The SMILES string of the molecule is COCCN(CC(=O)O)C(=O)Nc1ccc2c(c1)CCC2. The molecule has 0 aliphatic heterocycles. The molecule has 1 aliphatic carbocycles. The number of anilines is 1. The van der Waals surface area contributed by atoms with Crippen molar-refractivity contribution in [1.29, 1.82) is 0 Å². The molecule has 0 heterocycles. The van der Waals surface area contributed by atoms with Crippen LogP contribution in [0.4, 0.5) is 10.5 Å². The first-order valence-corrected chi connectivity index (χ1v) is 6.98. The smallest absolute Gasteiger partial charge is 0.323 e. The van der Waals surface area contributed by atoms with E-state index in [0.717, 1.165) is 19.3 Å². The summed E-state index contributed by atoms with van der Waals surface area (Å²) in [5.74, 6) is -1.05. The monoisotopic (exact) mass is 292 g/mol. The lowest BCUT2D eigenvalue weighted by Crippen LogP contribution is -2.40. The van der Waals surface area contributed by atoms with Gasteiger partial charge >= 0.3 is 12.0 Å². The van der Waals surface area contributed by atoms with Gasteiger partial charge in [0, 0.05) is 19.3 Å². The highest BCUT2D eigenvalue weighted by Crippen LogP contribution is 2.24. The number of rotatable bonds is 6. The number of benzene rings is 1.